The topological polar surface area (TPSA) is 64.4 Å². The second kappa shape index (κ2) is 5.44. The van der Waals surface area contributed by atoms with E-state index in [2.05, 4.69) is 5.10 Å². The van der Waals surface area contributed by atoms with Crippen LogP contribution in [-0.2, 0) is 13.7 Å². The second-order valence-electron chi connectivity index (χ2n) is 4.61. The Balaban J connectivity index is 2.16. The second-order valence-corrected chi connectivity index (χ2v) is 5.70. The van der Waals surface area contributed by atoms with Crippen LogP contribution in [0, 0.1) is 0 Å². The first-order valence-corrected chi connectivity index (χ1v) is 6.76. The molecule has 2 aromatic rings. The van der Waals surface area contributed by atoms with Crippen LogP contribution in [0.15, 0.2) is 18.5 Å². The van der Waals surface area contributed by atoms with Gasteiger partial charge in [0.25, 0.3) is 0 Å². The highest BCUT2D eigenvalue weighted by Gasteiger charge is 2.18. The van der Waals surface area contributed by atoms with Gasteiger partial charge in [0, 0.05) is 23.7 Å². The summed E-state index contributed by atoms with van der Waals surface area (Å²) in [6.45, 7) is 4.38. The van der Waals surface area contributed by atoms with E-state index < -0.39 is 5.97 Å². The Morgan fingerprint density at radius 2 is 2.32 bits per heavy atom. The van der Waals surface area contributed by atoms with E-state index in [4.69, 9.17) is 4.74 Å². The van der Waals surface area contributed by atoms with E-state index in [0.717, 1.165) is 10.4 Å². The molecule has 0 aromatic carbocycles. The number of hydrogen-bond donors (Lipinski definition) is 1. The number of carboxylic acid groups (broad SMARTS) is 1. The summed E-state index contributed by atoms with van der Waals surface area (Å²) in [4.78, 5) is 12.5. The van der Waals surface area contributed by atoms with Gasteiger partial charge in [0.1, 0.15) is 12.4 Å². The molecule has 0 fully saturated rings. The zero-order valence-electron chi connectivity index (χ0n) is 11.1. The van der Waals surface area contributed by atoms with Gasteiger partial charge in [0.2, 0.25) is 0 Å². The molecule has 0 radical (unpaired) electrons. The highest BCUT2D eigenvalue weighted by Crippen LogP contribution is 2.34. The zero-order valence-corrected chi connectivity index (χ0v) is 11.9. The van der Waals surface area contributed by atoms with Gasteiger partial charge in [-0.2, -0.15) is 5.10 Å². The van der Waals surface area contributed by atoms with Crippen molar-refractivity contribution in [1.82, 2.24) is 9.78 Å². The van der Waals surface area contributed by atoms with Gasteiger partial charge < -0.3 is 9.84 Å². The first kappa shape index (κ1) is 13.6. The van der Waals surface area contributed by atoms with Crippen LogP contribution in [0.4, 0.5) is 0 Å². The van der Waals surface area contributed by atoms with Crippen LogP contribution in [-0.4, -0.2) is 20.9 Å². The van der Waals surface area contributed by atoms with E-state index in [-0.39, 0.29) is 4.88 Å². The molecule has 0 saturated heterocycles. The van der Waals surface area contributed by atoms with Gasteiger partial charge in [-0.3, -0.25) is 4.68 Å². The molecule has 2 rings (SSSR count). The lowest BCUT2D eigenvalue weighted by atomic mass is 10.2. The van der Waals surface area contributed by atoms with Gasteiger partial charge in [0.15, 0.2) is 4.88 Å². The maximum atomic E-state index is 11.2. The van der Waals surface area contributed by atoms with Crippen LogP contribution in [0.25, 0.3) is 0 Å². The fraction of sp³-hybridized carbons (Fsp3) is 0.385. The summed E-state index contributed by atoms with van der Waals surface area (Å²) in [5, 5.41) is 13.2. The average molecular weight is 280 g/mol. The fourth-order valence-electron chi connectivity index (χ4n) is 1.64. The fourth-order valence-corrected chi connectivity index (χ4v) is 2.58. The number of nitrogens with zero attached hydrogens (tertiary/aromatic N) is 2. The first-order chi connectivity index (χ1) is 8.97. The van der Waals surface area contributed by atoms with E-state index in [1.54, 1.807) is 10.9 Å². The van der Waals surface area contributed by atoms with Crippen molar-refractivity contribution < 1.29 is 14.6 Å². The van der Waals surface area contributed by atoms with Gasteiger partial charge in [-0.15, -0.1) is 11.3 Å². The molecule has 0 unspecified atom stereocenters. The van der Waals surface area contributed by atoms with E-state index in [0.29, 0.717) is 18.3 Å². The van der Waals surface area contributed by atoms with Gasteiger partial charge in [-0.05, 0) is 12.0 Å². The van der Waals surface area contributed by atoms with Crippen LogP contribution >= 0.6 is 11.3 Å². The molecule has 2 heterocycles. The van der Waals surface area contributed by atoms with Gasteiger partial charge in [0.05, 0.1) is 6.20 Å². The predicted molar refractivity (Wildman–Crippen MR) is 72.9 cm³/mol. The van der Waals surface area contributed by atoms with E-state index in [1.807, 2.05) is 33.2 Å². The molecule has 0 spiro atoms. The third-order valence-corrected chi connectivity index (χ3v) is 4.04. The number of aromatic carboxylic acids is 1. The molecule has 0 aliphatic heterocycles. The summed E-state index contributed by atoms with van der Waals surface area (Å²) < 4.78 is 7.29. The summed E-state index contributed by atoms with van der Waals surface area (Å²) in [6.07, 6.45) is 3.55. The van der Waals surface area contributed by atoms with Crippen LogP contribution in [0.2, 0.25) is 0 Å². The molecule has 19 heavy (non-hydrogen) atoms. The van der Waals surface area contributed by atoms with Gasteiger partial charge >= 0.3 is 5.97 Å². The first-order valence-electron chi connectivity index (χ1n) is 5.94. The Labute approximate surface area is 115 Å². The molecule has 2 aromatic heterocycles. The lowest BCUT2D eigenvalue weighted by Crippen LogP contribution is -1.99. The Hall–Kier alpha value is -1.82. The van der Waals surface area contributed by atoms with E-state index in [1.165, 1.54) is 11.3 Å². The number of ether oxygens (including phenoxy) is 1. The quantitative estimate of drug-likeness (QED) is 0.914. The summed E-state index contributed by atoms with van der Waals surface area (Å²) >= 11 is 1.27. The molecule has 0 aliphatic carbocycles. The molecule has 0 amide bonds. The Bertz CT molecular complexity index is 586. The summed E-state index contributed by atoms with van der Waals surface area (Å²) in [6, 6.07) is 1.81. The maximum absolute atomic E-state index is 11.2. The van der Waals surface area contributed by atoms with Crippen molar-refractivity contribution in [1.29, 1.82) is 0 Å². The van der Waals surface area contributed by atoms with Crippen LogP contribution in [0.5, 0.6) is 5.75 Å². The molecule has 0 saturated carbocycles. The van der Waals surface area contributed by atoms with Crippen molar-refractivity contribution in [3.63, 3.8) is 0 Å². The standard InChI is InChI=1S/C13H16N2O3S/c1-8(2)11-4-10(12(19-11)13(16)17)18-7-9-5-14-15(3)6-9/h4-6,8H,7H2,1-3H3,(H,16,17). The number of aromatic nitrogens is 2. The molecule has 102 valence electrons. The molecular formula is C13H16N2O3S. The minimum absolute atomic E-state index is 0.257. The molecule has 5 nitrogen and oxygen atoms in total. The highest BCUT2D eigenvalue weighted by atomic mass is 32.1. The lowest BCUT2D eigenvalue weighted by molar-refractivity contribution is 0.0697. The Kier molecular flexibility index (Phi) is 3.90. The zero-order chi connectivity index (χ0) is 14.0. The Morgan fingerprint density at radius 3 is 2.84 bits per heavy atom. The summed E-state index contributed by atoms with van der Waals surface area (Å²) in [5.74, 6) is -0.220. The third kappa shape index (κ3) is 3.14. The largest absolute Gasteiger partial charge is 0.487 e. The highest BCUT2D eigenvalue weighted by molar-refractivity contribution is 7.14. The van der Waals surface area contributed by atoms with Gasteiger partial charge in [-0.25, -0.2) is 4.79 Å². The molecule has 1 N–H and O–H groups in total. The smallest absolute Gasteiger partial charge is 0.349 e. The van der Waals surface area contributed by atoms with Crippen molar-refractivity contribution in [2.45, 2.75) is 26.4 Å². The summed E-state index contributed by atoms with van der Waals surface area (Å²) in [7, 11) is 1.83. The van der Waals surface area contributed by atoms with Crippen molar-refractivity contribution in [2.24, 2.45) is 7.05 Å². The molecule has 6 heteroatoms. The number of aryl methyl sites for hydroxylation is 1. The van der Waals surface area contributed by atoms with Crippen molar-refractivity contribution >= 4 is 17.3 Å². The SMILES string of the molecule is CC(C)c1cc(OCc2cnn(C)c2)c(C(=O)O)s1. The van der Waals surface area contributed by atoms with Crippen LogP contribution < -0.4 is 4.74 Å². The number of rotatable bonds is 5. The predicted octanol–water partition coefficient (Wildman–Crippen LogP) is 2.88. The minimum atomic E-state index is -0.946. The number of carboxylic acids is 1. The van der Waals surface area contributed by atoms with Crippen LogP contribution in [0.3, 0.4) is 0 Å². The van der Waals surface area contributed by atoms with Gasteiger partial charge in [-0.1, -0.05) is 13.8 Å². The lowest BCUT2D eigenvalue weighted by Gasteiger charge is -2.03. The molecular weight excluding hydrogens is 264 g/mol. The Morgan fingerprint density at radius 1 is 1.58 bits per heavy atom. The van der Waals surface area contributed by atoms with Crippen molar-refractivity contribution in [2.75, 3.05) is 0 Å². The molecule has 0 atom stereocenters. The van der Waals surface area contributed by atoms with Crippen molar-refractivity contribution in [3.05, 3.63) is 33.8 Å². The summed E-state index contributed by atoms with van der Waals surface area (Å²) in [5.41, 5.74) is 0.913. The number of thiophene rings is 1. The molecule has 0 aliphatic rings. The monoisotopic (exact) mass is 280 g/mol. The minimum Gasteiger partial charge on any atom is -0.487 e. The van der Waals surface area contributed by atoms with E-state index >= 15 is 0 Å². The molecule has 0 bridgehead atoms. The normalized spacial score (nSPS) is 10.9. The van der Waals surface area contributed by atoms with Crippen molar-refractivity contribution in [3.8, 4) is 5.75 Å². The number of carbonyl (C=O) groups is 1. The van der Waals surface area contributed by atoms with Crippen LogP contribution in [0.1, 0.15) is 39.9 Å². The van der Waals surface area contributed by atoms with E-state index in [9.17, 15) is 9.90 Å². The average Bonchev–Trinajstić information content (AvgIpc) is 2.92. The third-order valence-electron chi connectivity index (χ3n) is 2.63. The maximum Gasteiger partial charge on any atom is 0.349 e. The number of hydrogen-bond acceptors (Lipinski definition) is 4.